The maximum absolute atomic E-state index is 14.7. The van der Waals surface area contributed by atoms with Gasteiger partial charge in [-0.05, 0) is 18.2 Å². The minimum atomic E-state index is -0.555. The number of aliphatic imine (C=N–C) groups is 1. The predicted molar refractivity (Wildman–Crippen MR) is 98.7 cm³/mol. The molecule has 2 N–H and O–H groups in total. The Balaban J connectivity index is 1.66. The highest BCUT2D eigenvalue weighted by Crippen LogP contribution is 2.29. The quantitative estimate of drug-likeness (QED) is 0.805. The number of amides is 2. The Hall–Kier alpha value is -2.68. The summed E-state index contributed by atoms with van der Waals surface area (Å²) in [7, 11) is 0. The molecule has 0 saturated carbocycles. The Morgan fingerprint density at radius 3 is 2.78 bits per heavy atom. The summed E-state index contributed by atoms with van der Waals surface area (Å²) in [6, 6.07) is 4.68. The van der Waals surface area contributed by atoms with Crippen molar-refractivity contribution in [3.05, 3.63) is 24.0 Å². The SMILES string of the molecule is CC(=O)NCC1CN(c2ccc(N3CCC(=NCO)CC3)c(F)c2)C(=O)O1. The Bertz CT molecular complexity index is 745. The van der Waals surface area contributed by atoms with Gasteiger partial charge in [0.25, 0.3) is 0 Å². The standard InChI is InChI=1S/C18H23FN4O4/c1-12(25)20-9-15-10-23(18(26)27-15)14-2-3-17(16(19)8-14)22-6-4-13(5-7-22)21-11-24/h2-3,8,15,24H,4-7,9-11H2,1H3,(H,20,25). The van der Waals surface area contributed by atoms with E-state index in [1.807, 2.05) is 4.90 Å². The van der Waals surface area contributed by atoms with Crippen LogP contribution in [0, 0.1) is 5.82 Å². The molecule has 2 saturated heterocycles. The number of carbonyl (C=O) groups excluding carboxylic acids is 2. The summed E-state index contributed by atoms with van der Waals surface area (Å²) in [6.07, 6.45) is 0.353. The van der Waals surface area contributed by atoms with E-state index in [1.165, 1.54) is 17.9 Å². The summed E-state index contributed by atoms with van der Waals surface area (Å²) in [5, 5.41) is 11.5. The first-order valence-corrected chi connectivity index (χ1v) is 8.88. The molecule has 8 nitrogen and oxygen atoms in total. The van der Waals surface area contributed by atoms with Crippen molar-refractivity contribution in [2.24, 2.45) is 4.99 Å². The predicted octanol–water partition coefficient (Wildman–Crippen LogP) is 1.28. The molecular weight excluding hydrogens is 355 g/mol. The lowest BCUT2D eigenvalue weighted by Gasteiger charge is -2.30. The van der Waals surface area contributed by atoms with Crippen LogP contribution in [-0.4, -0.2) is 61.8 Å². The molecule has 0 aromatic heterocycles. The molecule has 2 aliphatic rings. The fraction of sp³-hybridized carbons (Fsp3) is 0.500. The Morgan fingerprint density at radius 2 is 2.15 bits per heavy atom. The number of hydrogen-bond donors (Lipinski definition) is 2. The maximum atomic E-state index is 14.7. The molecule has 1 aromatic carbocycles. The normalized spacial score (nSPS) is 19.9. The van der Waals surface area contributed by atoms with Crippen molar-refractivity contribution in [1.29, 1.82) is 0 Å². The number of aliphatic hydroxyl groups excluding tert-OH is 1. The first-order chi connectivity index (χ1) is 13.0. The summed E-state index contributed by atoms with van der Waals surface area (Å²) < 4.78 is 19.9. The van der Waals surface area contributed by atoms with Crippen LogP contribution in [0.3, 0.4) is 0 Å². The lowest BCUT2D eigenvalue weighted by atomic mass is 10.1. The summed E-state index contributed by atoms with van der Waals surface area (Å²) in [5.74, 6) is -0.609. The van der Waals surface area contributed by atoms with Crippen molar-refractivity contribution >= 4 is 29.1 Å². The van der Waals surface area contributed by atoms with Gasteiger partial charge >= 0.3 is 6.09 Å². The zero-order valence-electron chi connectivity index (χ0n) is 15.2. The number of nitrogens with one attached hydrogen (secondary N) is 1. The van der Waals surface area contributed by atoms with Crippen LogP contribution < -0.4 is 15.1 Å². The number of piperidine rings is 1. The highest BCUT2D eigenvalue weighted by Gasteiger charge is 2.33. The molecule has 2 fully saturated rings. The van der Waals surface area contributed by atoms with Gasteiger partial charge < -0.3 is 20.1 Å². The van der Waals surface area contributed by atoms with Crippen molar-refractivity contribution in [2.75, 3.05) is 42.7 Å². The number of ether oxygens (including phenoxy) is 1. The second kappa shape index (κ2) is 8.34. The number of cyclic esters (lactones) is 1. The van der Waals surface area contributed by atoms with Crippen LogP contribution in [0.15, 0.2) is 23.2 Å². The maximum Gasteiger partial charge on any atom is 0.414 e. The first kappa shape index (κ1) is 19.1. The molecule has 0 bridgehead atoms. The topological polar surface area (TPSA) is 94.5 Å². The molecule has 2 aliphatic heterocycles. The summed E-state index contributed by atoms with van der Waals surface area (Å²) >= 11 is 0. The van der Waals surface area contributed by atoms with Crippen LogP contribution in [0.5, 0.6) is 0 Å². The smallest absolute Gasteiger partial charge is 0.414 e. The van der Waals surface area contributed by atoms with E-state index >= 15 is 0 Å². The van der Waals surface area contributed by atoms with Crippen LogP contribution >= 0.6 is 0 Å². The summed E-state index contributed by atoms with van der Waals surface area (Å²) in [5.41, 5.74) is 1.84. The molecule has 1 aromatic rings. The van der Waals surface area contributed by atoms with E-state index in [0.717, 1.165) is 5.71 Å². The van der Waals surface area contributed by atoms with E-state index < -0.39 is 18.0 Å². The van der Waals surface area contributed by atoms with E-state index in [1.54, 1.807) is 12.1 Å². The molecule has 27 heavy (non-hydrogen) atoms. The summed E-state index contributed by atoms with van der Waals surface area (Å²) in [4.78, 5) is 30.3. The minimum Gasteiger partial charge on any atom is -0.442 e. The second-order valence-corrected chi connectivity index (χ2v) is 6.54. The Kier molecular flexibility index (Phi) is 5.90. The third-order valence-electron chi connectivity index (χ3n) is 4.67. The van der Waals surface area contributed by atoms with Crippen LogP contribution in [0.25, 0.3) is 0 Å². The van der Waals surface area contributed by atoms with Gasteiger partial charge in [0.15, 0.2) is 0 Å². The largest absolute Gasteiger partial charge is 0.442 e. The van der Waals surface area contributed by atoms with Gasteiger partial charge in [-0.2, -0.15) is 0 Å². The van der Waals surface area contributed by atoms with E-state index in [4.69, 9.17) is 9.84 Å². The highest BCUT2D eigenvalue weighted by atomic mass is 19.1. The van der Waals surface area contributed by atoms with Crippen molar-refractivity contribution in [1.82, 2.24) is 5.32 Å². The molecule has 0 radical (unpaired) electrons. The number of anilines is 2. The molecule has 1 atom stereocenters. The molecule has 1 unspecified atom stereocenters. The van der Waals surface area contributed by atoms with Crippen molar-refractivity contribution in [3.63, 3.8) is 0 Å². The van der Waals surface area contributed by atoms with E-state index in [-0.39, 0.29) is 25.7 Å². The molecule has 0 spiro atoms. The van der Waals surface area contributed by atoms with Gasteiger partial charge in [-0.1, -0.05) is 0 Å². The number of rotatable bonds is 5. The van der Waals surface area contributed by atoms with Gasteiger partial charge in [0, 0.05) is 38.6 Å². The molecule has 3 rings (SSSR count). The first-order valence-electron chi connectivity index (χ1n) is 8.88. The third kappa shape index (κ3) is 4.54. The van der Waals surface area contributed by atoms with Crippen molar-refractivity contribution < 1.29 is 23.8 Å². The number of hydrogen-bond acceptors (Lipinski definition) is 6. The van der Waals surface area contributed by atoms with Crippen LogP contribution in [-0.2, 0) is 9.53 Å². The fourth-order valence-corrected chi connectivity index (χ4v) is 3.28. The number of aliphatic hydroxyl groups is 1. The Labute approximate surface area is 156 Å². The monoisotopic (exact) mass is 378 g/mol. The van der Waals surface area contributed by atoms with Crippen molar-refractivity contribution in [2.45, 2.75) is 25.9 Å². The summed E-state index contributed by atoms with van der Waals surface area (Å²) in [6.45, 7) is 2.90. The van der Waals surface area contributed by atoms with E-state index in [2.05, 4.69) is 10.3 Å². The fourth-order valence-electron chi connectivity index (χ4n) is 3.28. The van der Waals surface area contributed by atoms with Crippen molar-refractivity contribution in [3.8, 4) is 0 Å². The lowest BCUT2D eigenvalue weighted by molar-refractivity contribution is -0.119. The van der Waals surface area contributed by atoms with Gasteiger partial charge in [0.05, 0.1) is 24.5 Å². The zero-order valence-corrected chi connectivity index (χ0v) is 15.2. The molecule has 146 valence electrons. The van der Waals surface area contributed by atoms with Crippen LogP contribution in [0.2, 0.25) is 0 Å². The van der Waals surface area contributed by atoms with Crippen LogP contribution in [0.4, 0.5) is 20.6 Å². The van der Waals surface area contributed by atoms with Gasteiger partial charge in [0.2, 0.25) is 5.91 Å². The highest BCUT2D eigenvalue weighted by molar-refractivity contribution is 5.90. The number of carbonyl (C=O) groups is 2. The van der Waals surface area contributed by atoms with E-state index in [9.17, 15) is 14.0 Å². The molecular formula is C18H23FN4O4. The zero-order chi connectivity index (χ0) is 19.4. The van der Waals surface area contributed by atoms with Gasteiger partial charge in [0.1, 0.15) is 18.7 Å². The van der Waals surface area contributed by atoms with E-state index in [0.29, 0.717) is 37.3 Å². The second-order valence-electron chi connectivity index (χ2n) is 6.54. The molecule has 2 heterocycles. The number of benzene rings is 1. The third-order valence-corrected chi connectivity index (χ3v) is 4.67. The molecule has 2 amide bonds. The van der Waals surface area contributed by atoms with Gasteiger partial charge in [-0.15, -0.1) is 0 Å². The minimum absolute atomic E-state index is 0.200. The average Bonchev–Trinajstić information content (AvgIpc) is 3.02. The lowest BCUT2D eigenvalue weighted by Crippen LogP contribution is -2.35. The van der Waals surface area contributed by atoms with Crippen LogP contribution in [0.1, 0.15) is 19.8 Å². The number of halogens is 1. The number of nitrogens with zero attached hydrogens (tertiary/aromatic N) is 3. The van der Waals surface area contributed by atoms with Gasteiger partial charge in [-0.25, -0.2) is 9.18 Å². The molecule has 9 heteroatoms. The van der Waals surface area contributed by atoms with Gasteiger partial charge in [-0.3, -0.25) is 14.7 Å². The molecule has 0 aliphatic carbocycles. The Morgan fingerprint density at radius 1 is 1.41 bits per heavy atom. The average molecular weight is 378 g/mol.